The minimum absolute atomic E-state index is 0.0986. The molecular formula is C27H41ClN4O5S. The number of hydroxylamine groups is 1. The average Bonchev–Trinajstić information content (AvgIpc) is 3.19. The van der Waals surface area contributed by atoms with Crippen LogP contribution in [0.2, 0.25) is 5.02 Å². The molecule has 1 N–H and O–H groups in total. The lowest BCUT2D eigenvalue weighted by atomic mass is 9.93. The van der Waals surface area contributed by atoms with Crippen molar-refractivity contribution >= 4 is 22.8 Å². The maximum absolute atomic E-state index is 14.2. The Morgan fingerprint density at radius 2 is 2.00 bits per heavy atom. The van der Waals surface area contributed by atoms with E-state index in [0.717, 1.165) is 76.0 Å². The number of halogens is 1. The van der Waals surface area contributed by atoms with Crippen molar-refractivity contribution in [2.24, 2.45) is 0 Å². The third kappa shape index (κ3) is 6.39. The van der Waals surface area contributed by atoms with Gasteiger partial charge in [0.1, 0.15) is 11.9 Å². The number of hydrogen-bond donors (Lipinski definition) is 1. The van der Waals surface area contributed by atoms with E-state index in [2.05, 4.69) is 25.6 Å². The summed E-state index contributed by atoms with van der Waals surface area (Å²) in [5, 5.41) is 0.696. The molecule has 1 aromatic rings. The molecule has 4 aliphatic rings. The molecule has 4 saturated heterocycles. The van der Waals surface area contributed by atoms with Gasteiger partial charge in [0.15, 0.2) is 17.5 Å². The van der Waals surface area contributed by atoms with E-state index >= 15 is 0 Å². The summed E-state index contributed by atoms with van der Waals surface area (Å²) in [6.45, 7) is 9.66. The number of piperazine rings is 1. The maximum atomic E-state index is 14.2. The molecule has 5 rings (SSSR count). The predicted molar refractivity (Wildman–Crippen MR) is 148 cm³/mol. The first-order valence-electron chi connectivity index (χ1n) is 13.8. The molecule has 4 aliphatic heterocycles. The van der Waals surface area contributed by atoms with E-state index in [0.29, 0.717) is 31.3 Å². The van der Waals surface area contributed by atoms with Crippen LogP contribution in [0, 0.1) is 0 Å². The van der Waals surface area contributed by atoms with Crippen LogP contribution in [-0.2, 0) is 25.5 Å². The molecule has 11 heteroatoms. The molecule has 4 atom stereocenters. The number of nitrogens with zero attached hydrogens (tertiary/aromatic N) is 3. The molecule has 38 heavy (non-hydrogen) atoms. The standard InChI is InChI=1S/C27H41ClN4O5S/c1-21(29-37-26-5-3-4-17-35-26)27-13-10-23(19-30(20-27)16-18-34-2)32(27)38(33)31-14-11-25(12-15-31)36-24-8-6-22(28)7-9-24/h6-9,23,25-26,29H,1,3-5,10-20H2,2H3. The molecule has 0 aliphatic carbocycles. The van der Waals surface area contributed by atoms with E-state index in [1.54, 1.807) is 7.11 Å². The van der Waals surface area contributed by atoms with Crippen molar-refractivity contribution < 1.29 is 23.3 Å². The van der Waals surface area contributed by atoms with E-state index in [1.165, 1.54) is 0 Å². The zero-order valence-corrected chi connectivity index (χ0v) is 23.9. The summed E-state index contributed by atoms with van der Waals surface area (Å²) in [6.07, 6.45) is 6.32. The minimum Gasteiger partial charge on any atom is -0.490 e. The first kappa shape index (κ1) is 28.3. The molecule has 0 saturated carbocycles. The zero-order valence-electron chi connectivity index (χ0n) is 22.3. The molecular weight excluding hydrogens is 528 g/mol. The number of piperidine rings is 1. The van der Waals surface area contributed by atoms with E-state index in [4.69, 9.17) is 30.6 Å². The molecule has 212 valence electrons. The molecule has 1 aromatic carbocycles. The third-order valence-electron chi connectivity index (χ3n) is 8.13. The molecule has 0 amide bonds. The van der Waals surface area contributed by atoms with Gasteiger partial charge in [-0.1, -0.05) is 18.2 Å². The molecule has 0 aromatic heterocycles. The van der Waals surface area contributed by atoms with Gasteiger partial charge in [0.25, 0.3) is 0 Å². The van der Waals surface area contributed by atoms with Gasteiger partial charge in [-0.3, -0.25) is 10.4 Å². The van der Waals surface area contributed by atoms with E-state index in [-0.39, 0.29) is 18.4 Å². The Morgan fingerprint density at radius 3 is 2.71 bits per heavy atom. The number of rotatable bonds is 11. The van der Waals surface area contributed by atoms with Crippen LogP contribution in [0.25, 0.3) is 0 Å². The Bertz CT molecular complexity index is 957. The molecule has 0 spiro atoms. The quantitative estimate of drug-likeness (QED) is 0.410. The number of likely N-dealkylation sites (tertiary alicyclic amines) is 1. The summed E-state index contributed by atoms with van der Waals surface area (Å²) in [4.78, 5) is 8.34. The van der Waals surface area contributed by atoms with Gasteiger partial charge in [-0.15, -0.1) is 0 Å². The summed E-state index contributed by atoms with van der Waals surface area (Å²) < 4.78 is 35.8. The van der Waals surface area contributed by atoms with Crippen LogP contribution < -0.4 is 10.2 Å². The first-order chi connectivity index (χ1) is 18.5. The Labute approximate surface area is 234 Å². The van der Waals surface area contributed by atoms with Crippen LogP contribution in [-0.4, -0.2) is 94.7 Å². The van der Waals surface area contributed by atoms with Crippen LogP contribution in [0.3, 0.4) is 0 Å². The summed E-state index contributed by atoms with van der Waals surface area (Å²) in [5.74, 6) is 0.822. The first-order valence-corrected chi connectivity index (χ1v) is 15.2. The number of nitrogens with one attached hydrogen (secondary N) is 1. The summed E-state index contributed by atoms with van der Waals surface area (Å²) >= 11 is 4.71. The monoisotopic (exact) mass is 568 g/mol. The molecule has 4 fully saturated rings. The zero-order chi connectivity index (χ0) is 26.5. The lowest BCUT2D eigenvalue weighted by molar-refractivity contribution is -0.192. The highest BCUT2D eigenvalue weighted by Crippen LogP contribution is 2.44. The van der Waals surface area contributed by atoms with Crippen molar-refractivity contribution in [2.75, 3.05) is 53.0 Å². The molecule has 4 heterocycles. The highest BCUT2D eigenvalue weighted by molar-refractivity contribution is 7.80. The second kappa shape index (κ2) is 13.0. The summed E-state index contributed by atoms with van der Waals surface area (Å²) in [5.41, 5.74) is 3.40. The van der Waals surface area contributed by atoms with Crippen molar-refractivity contribution in [3.63, 3.8) is 0 Å². The fraction of sp³-hybridized carbons (Fsp3) is 0.704. The number of benzene rings is 1. The largest absolute Gasteiger partial charge is 0.490 e. The van der Waals surface area contributed by atoms with Crippen molar-refractivity contribution in [1.82, 2.24) is 19.0 Å². The normalized spacial score (nSPS) is 30.3. The Hall–Kier alpha value is -1.24. The van der Waals surface area contributed by atoms with Crippen molar-refractivity contribution in [3.8, 4) is 5.75 Å². The Balaban J connectivity index is 1.24. The van der Waals surface area contributed by atoms with Crippen molar-refractivity contribution in [2.45, 2.75) is 68.9 Å². The van der Waals surface area contributed by atoms with Gasteiger partial charge in [0.05, 0.1) is 17.8 Å². The van der Waals surface area contributed by atoms with Crippen LogP contribution in [0.1, 0.15) is 44.9 Å². The number of fused-ring (bicyclic) bond motifs is 2. The minimum atomic E-state index is -1.30. The molecule has 4 unspecified atom stereocenters. The third-order valence-corrected chi connectivity index (χ3v) is 10.2. The van der Waals surface area contributed by atoms with Crippen LogP contribution in [0.5, 0.6) is 5.75 Å². The molecule has 9 nitrogen and oxygen atoms in total. The number of hydrogen-bond acceptors (Lipinski definition) is 7. The smallest absolute Gasteiger partial charge is 0.183 e. The summed E-state index contributed by atoms with van der Waals surface area (Å²) in [7, 11) is 1.73. The lowest BCUT2D eigenvalue weighted by Crippen LogP contribution is -2.66. The van der Waals surface area contributed by atoms with Gasteiger partial charge >= 0.3 is 0 Å². The maximum Gasteiger partial charge on any atom is 0.183 e. The van der Waals surface area contributed by atoms with E-state index in [9.17, 15) is 4.21 Å². The lowest BCUT2D eigenvalue weighted by Gasteiger charge is -2.50. The highest BCUT2D eigenvalue weighted by Gasteiger charge is 2.56. The average molecular weight is 569 g/mol. The SMILES string of the molecule is C=C(NOC1CCCCO1)C12CCC(CN(CCOC)C1)N2S(=O)N1CCC(Oc2ccc(Cl)cc2)CC1. The Kier molecular flexibility index (Phi) is 9.64. The fourth-order valence-corrected chi connectivity index (χ4v) is 7.93. The predicted octanol–water partition coefficient (Wildman–Crippen LogP) is 3.49. The van der Waals surface area contributed by atoms with Gasteiger partial charge in [-0.05, 0) is 62.8 Å². The van der Waals surface area contributed by atoms with Crippen LogP contribution in [0.15, 0.2) is 36.5 Å². The fourth-order valence-electron chi connectivity index (χ4n) is 6.05. The van der Waals surface area contributed by atoms with Gasteiger partial charge in [-0.25, -0.2) is 13.4 Å². The van der Waals surface area contributed by atoms with Crippen molar-refractivity contribution in [3.05, 3.63) is 41.6 Å². The van der Waals surface area contributed by atoms with Gasteiger partial charge in [-0.2, -0.15) is 4.31 Å². The van der Waals surface area contributed by atoms with Crippen LogP contribution >= 0.6 is 11.6 Å². The van der Waals surface area contributed by atoms with Crippen LogP contribution in [0.4, 0.5) is 0 Å². The second-order valence-electron chi connectivity index (χ2n) is 10.7. The number of ether oxygens (including phenoxy) is 3. The van der Waals surface area contributed by atoms with Gasteiger partial charge in [0.2, 0.25) is 0 Å². The number of methoxy groups -OCH3 is 1. The van der Waals surface area contributed by atoms with Crippen molar-refractivity contribution in [1.29, 1.82) is 0 Å². The van der Waals surface area contributed by atoms with Gasteiger partial charge < -0.3 is 14.2 Å². The molecule has 2 bridgehead atoms. The Morgan fingerprint density at radius 1 is 1.21 bits per heavy atom. The second-order valence-corrected chi connectivity index (χ2v) is 12.5. The summed E-state index contributed by atoms with van der Waals surface area (Å²) in [6, 6.07) is 7.66. The van der Waals surface area contributed by atoms with E-state index in [1.807, 2.05) is 24.3 Å². The topological polar surface area (TPSA) is 75.7 Å². The van der Waals surface area contributed by atoms with E-state index < -0.39 is 16.7 Å². The van der Waals surface area contributed by atoms with Gasteiger partial charge in [0, 0.05) is 63.9 Å². The molecule has 0 radical (unpaired) electrons. The highest BCUT2D eigenvalue weighted by atomic mass is 35.5.